The van der Waals surface area contributed by atoms with Crippen LogP contribution in [0.3, 0.4) is 0 Å². The Kier molecular flexibility index (Phi) is 3.89. The van der Waals surface area contributed by atoms with Crippen LogP contribution in [0.25, 0.3) is 0 Å². The van der Waals surface area contributed by atoms with Crippen LogP contribution < -0.4 is 4.90 Å². The van der Waals surface area contributed by atoms with Crippen molar-refractivity contribution in [3.8, 4) is 0 Å². The van der Waals surface area contributed by atoms with Crippen molar-refractivity contribution in [1.82, 2.24) is 0 Å². The first-order chi connectivity index (χ1) is 10.1. The van der Waals surface area contributed by atoms with Gasteiger partial charge in [0.05, 0.1) is 6.04 Å². The van der Waals surface area contributed by atoms with Crippen LogP contribution in [0.1, 0.15) is 18.0 Å². The second kappa shape index (κ2) is 5.68. The molecule has 1 N–H and O–H groups in total. The molecule has 5 heteroatoms. The molecule has 1 amide bonds. The van der Waals surface area contributed by atoms with Crippen molar-refractivity contribution in [3.63, 3.8) is 0 Å². The molecule has 3 rings (SSSR count). The summed E-state index contributed by atoms with van der Waals surface area (Å²) < 4.78 is 0. The molecule has 0 radical (unpaired) electrons. The molecule has 2 aromatic rings. The maximum Gasteiger partial charge on any atom is 0.256 e. The molecule has 0 aliphatic carbocycles. The predicted octanol–water partition coefficient (Wildman–Crippen LogP) is 3.83. The Morgan fingerprint density at radius 2 is 1.71 bits per heavy atom. The van der Waals surface area contributed by atoms with Gasteiger partial charge in [0.15, 0.2) is 0 Å². The number of aliphatic hydroxyl groups is 1. The molecule has 0 spiro atoms. The summed E-state index contributed by atoms with van der Waals surface area (Å²) in [4.78, 5) is 13.9. The first-order valence-electron chi connectivity index (χ1n) is 6.59. The van der Waals surface area contributed by atoms with E-state index in [0.717, 1.165) is 5.56 Å². The minimum atomic E-state index is -1.01. The molecule has 1 heterocycles. The highest BCUT2D eigenvalue weighted by Crippen LogP contribution is 2.39. The van der Waals surface area contributed by atoms with E-state index in [0.29, 0.717) is 22.2 Å². The number of benzene rings is 2. The van der Waals surface area contributed by atoms with E-state index in [1.165, 1.54) is 0 Å². The van der Waals surface area contributed by atoms with Crippen LogP contribution in [0.2, 0.25) is 10.0 Å². The summed E-state index contributed by atoms with van der Waals surface area (Å²) in [6.45, 7) is 0. The number of aliphatic hydroxyl groups excluding tert-OH is 1. The first kappa shape index (κ1) is 14.4. The number of carbonyl (C=O) groups excluding carboxylic acids is 1. The maximum atomic E-state index is 12.3. The third-order valence-electron chi connectivity index (χ3n) is 3.65. The molecule has 3 nitrogen and oxygen atoms in total. The lowest BCUT2D eigenvalue weighted by molar-refractivity contribution is -0.124. The molecule has 2 atom stereocenters. The molecule has 2 aromatic carbocycles. The minimum absolute atomic E-state index is 0.276. The molecular weight excluding hydrogens is 309 g/mol. The number of rotatable bonds is 2. The minimum Gasteiger partial charge on any atom is -0.383 e. The molecule has 1 aliphatic heterocycles. The van der Waals surface area contributed by atoms with Crippen molar-refractivity contribution in [1.29, 1.82) is 0 Å². The molecule has 0 unspecified atom stereocenters. The lowest BCUT2D eigenvalue weighted by atomic mass is 10.0. The zero-order chi connectivity index (χ0) is 15.0. The summed E-state index contributed by atoms with van der Waals surface area (Å²) in [6, 6.07) is 14.1. The summed E-state index contributed by atoms with van der Waals surface area (Å²) >= 11 is 12.1. The van der Waals surface area contributed by atoms with E-state index in [1.54, 1.807) is 35.2 Å². The Morgan fingerprint density at radius 1 is 1.05 bits per heavy atom. The van der Waals surface area contributed by atoms with Crippen molar-refractivity contribution < 1.29 is 9.90 Å². The molecule has 21 heavy (non-hydrogen) atoms. The molecule has 1 fully saturated rings. The van der Waals surface area contributed by atoms with Gasteiger partial charge in [-0.1, -0.05) is 41.4 Å². The van der Waals surface area contributed by atoms with Crippen LogP contribution in [0, 0.1) is 0 Å². The summed E-state index contributed by atoms with van der Waals surface area (Å²) in [5.74, 6) is -0.317. The number of carbonyl (C=O) groups is 1. The fraction of sp³-hybridized carbons (Fsp3) is 0.188. The molecule has 0 aromatic heterocycles. The van der Waals surface area contributed by atoms with E-state index in [2.05, 4.69) is 0 Å². The summed E-state index contributed by atoms with van der Waals surface area (Å²) in [5.41, 5.74) is 1.53. The fourth-order valence-corrected chi connectivity index (χ4v) is 3.04. The molecule has 0 saturated carbocycles. The second-order valence-corrected chi connectivity index (χ2v) is 5.82. The van der Waals surface area contributed by atoms with E-state index < -0.39 is 6.10 Å². The Balaban J connectivity index is 2.05. The highest BCUT2D eigenvalue weighted by atomic mass is 35.5. The third-order valence-corrected chi connectivity index (χ3v) is 4.25. The van der Waals surface area contributed by atoms with Crippen LogP contribution in [0.5, 0.6) is 0 Å². The lowest BCUT2D eigenvalue weighted by Gasteiger charge is -2.25. The maximum absolute atomic E-state index is 12.3. The van der Waals surface area contributed by atoms with Gasteiger partial charge in [0.25, 0.3) is 5.91 Å². The summed E-state index contributed by atoms with van der Waals surface area (Å²) in [6.07, 6.45) is -0.687. The van der Waals surface area contributed by atoms with Crippen LogP contribution >= 0.6 is 23.2 Å². The van der Waals surface area contributed by atoms with Crippen molar-refractivity contribution in [3.05, 3.63) is 64.1 Å². The van der Waals surface area contributed by atoms with Crippen LogP contribution in [-0.2, 0) is 4.79 Å². The first-order valence-corrected chi connectivity index (χ1v) is 7.34. The van der Waals surface area contributed by atoms with Gasteiger partial charge in [-0.2, -0.15) is 0 Å². The Labute approximate surface area is 132 Å². The van der Waals surface area contributed by atoms with E-state index in [-0.39, 0.29) is 11.9 Å². The van der Waals surface area contributed by atoms with Gasteiger partial charge in [-0.25, -0.2) is 0 Å². The Bertz CT molecular complexity index is 672. The van der Waals surface area contributed by atoms with Crippen molar-refractivity contribution in [2.75, 3.05) is 4.90 Å². The van der Waals surface area contributed by atoms with Crippen molar-refractivity contribution in [2.24, 2.45) is 0 Å². The highest BCUT2D eigenvalue weighted by Gasteiger charge is 2.40. The van der Waals surface area contributed by atoms with Gasteiger partial charge in [-0.3, -0.25) is 4.79 Å². The van der Waals surface area contributed by atoms with E-state index in [9.17, 15) is 9.90 Å². The average Bonchev–Trinajstić information content (AvgIpc) is 2.76. The van der Waals surface area contributed by atoms with Gasteiger partial charge in [0.2, 0.25) is 0 Å². The molecular formula is C16H13Cl2NO2. The Hall–Kier alpha value is -1.55. The fourth-order valence-electron chi connectivity index (χ4n) is 2.65. The van der Waals surface area contributed by atoms with Gasteiger partial charge in [0, 0.05) is 22.2 Å². The van der Waals surface area contributed by atoms with Gasteiger partial charge in [0.1, 0.15) is 6.10 Å². The number of hydrogen-bond acceptors (Lipinski definition) is 2. The largest absolute Gasteiger partial charge is 0.383 e. The highest BCUT2D eigenvalue weighted by molar-refractivity contribution is 6.31. The number of nitrogens with zero attached hydrogens (tertiary/aromatic N) is 1. The number of anilines is 1. The quantitative estimate of drug-likeness (QED) is 0.913. The summed E-state index contributed by atoms with van der Waals surface area (Å²) in [5, 5.41) is 11.1. The van der Waals surface area contributed by atoms with Crippen LogP contribution in [0.4, 0.5) is 5.69 Å². The molecule has 0 bridgehead atoms. The molecule has 1 saturated heterocycles. The number of hydrogen-bond donors (Lipinski definition) is 1. The van der Waals surface area contributed by atoms with Crippen LogP contribution in [-0.4, -0.2) is 17.1 Å². The van der Waals surface area contributed by atoms with Gasteiger partial charge >= 0.3 is 0 Å². The monoisotopic (exact) mass is 321 g/mol. The van der Waals surface area contributed by atoms with E-state index >= 15 is 0 Å². The smallest absolute Gasteiger partial charge is 0.256 e. The van der Waals surface area contributed by atoms with Crippen molar-refractivity contribution >= 4 is 34.8 Å². The van der Waals surface area contributed by atoms with Gasteiger partial charge in [-0.05, 0) is 35.9 Å². The van der Waals surface area contributed by atoms with Crippen LogP contribution in [0.15, 0.2) is 48.5 Å². The van der Waals surface area contributed by atoms with Gasteiger partial charge < -0.3 is 10.0 Å². The zero-order valence-corrected chi connectivity index (χ0v) is 12.6. The van der Waals surface area contributed by atoms with E-state index in [4.69, 9.17) is 23.2 Å². The van der Waals surface area contributed by atoms with Gasteiger partial charge in [-0.15, -0.1) is 0 Å². The normalized spacial score (nSPS) is 21.9. The lowest BCUT2D eigenvalue weighted by Crippen LogP contribution is -2.30. The summed E-state index contributed by atoms with van der Waals surface area (Å²) in [7, 11) is 0. The van der Waals surface area contributed by atoms with Crippen molar-refractivity contribution in [2.45, 2.75) is 18.6 Å². The predicted molar refractivity (Wildman–Crippen MR) is 83.8 cm³/mol. The van der Waals surface area contributed by atoms with E-state index in [1.807, 2.05) is 18.2 Å². The SMILES string of the molecule is O=C1[C@@H](O)C[C@@H](c2ccccc2Cl)N1c1ccc(Cl)cc1. The zero-order valence-electron chi connectivity index (χ0n) is 11.0. The molecule has 1 aliphatic rings. The average molecular weight is 322 g/mol. The molecule has 108 valence electrons. The number of amides is 1. The second-order valence-electron chi connectivity index (χ2n) is 4.97. The number of halogens is 2. The standard InChI is InChI=1S/C16H13Cl2NO2/c17-10-5-7-11(8-6-10)19-14(9-15(20)16(19)21)12-3-1-2-4-13(12)18/h1-8,14-15,20H,9H2/t14-,15-/m0/s1. The Morgan fingerprint density at radius 3 is 2.38 bits per heavy atom. The topological polar surface area (TPSA) is 40.5 Å². The third kappa shape index (κ3) is 2.64.